The largest absolute Gasteiger partial charge is 0.368 e. The van der Waals surface area contributed by atoms with E-state index in [2.05, 4.69) is 10.6 Å². The second kappa shape index (κ2) is 8.68. The van der Waals surface area contributed by atoms with Gasteiger partial charge in [-0.2, -0.15) is 0 Å². The molecule has 1 saturated heterocycles. The van der Waals surface area contributed by atoms with Gasteiger partial charge in [0.2, 0.25) is 0 Å². The molecule has 27 heavy (non-hydrogen) atoms. The Morgan fingerprint density at radius 2 is 1.67 bits per heavy atom. The standard InChI is InChI=1S/C21H25N3O3/c1-15-5-7-16(8-6-15)14-24(2)21(26)23-18-11-9-17(10-12-18)22-20(25)19-4-3-13-27-19/h5-12,19H,3-4,13-14H2,1-2H3,(H,22,25)(H,23,26)/t19-/m1/s1. The van der Waals surface area contributed by atoms with Crippen molar-refractivity contribution in [2.24, 2.45) is 0 Å². The van der Waals surface area contributed by atoms with E-state index in [0.29, 0.717) is 24.5 Å². The Labute approximate surface area is 159 Å². The molecule has 0 saturated carbocycles. The first kappa shape index (κ1) is 18.9. The number of carbonyl (C=O) groups is 2. The van der Waals surface area contributed by atoms with E-state index >= 15 is 0 Å². The van der Waals surface area contributed by atoms with Gasteiger partial charge in [-0.25, -0.2) is 4.79 Å². The van der Waals surface area contributed by atoms with Crippen molar-refractivity contribution in [3.63, 3.8) is 0 Å². The Morgan fingerprint density at radius 1 is 1.04 bits per heavy atom. The maximum Gasteiger partial charge on any atom is 0.321 e. The molecule has 2 aromatic rings. The predicted octanol–water partition coefficient (Wildman–Crippen LogP) is 3.78. The monoisotopic (exact) mass is 367 g/mol. The third kappa shape index (κ3) is 5.31. The average molecular weight is 367 g/mol. The highest BCUT2D eigenvalue weighted by atomic mass is 16.5. The molecule has 142 valence electrons. The lowest BCUT2D eigenvalue weighted by Gasteiger charge is -2.18. The molecule has 2 aromatic carbocycles. The van der Waals surface area contributed by atoms with Crippen molar-refractivity contribution in [1.82, 2.24) is 4.90 Å². The van der Waals surface area contributed by atoms with Crippen LogP contribution in [0.2, 0.25) is 0 Å². The van der Waals surface area contributed by atoms with E-state index in [0.717, 1.165) is 18.4 Å². The van der Waals surface area contributed by atoms with E-state index in [-0.39, 0.29) is 18.0 Å². The molecule has 0 bridgehead atoms. The lowest BCUT2D eigenvalue weighted by atomic mass is 10.1. The number of rotatable bonds is 5. The fourth-order valence-corrected chi connectivity index (χ4v) is 2.90. The van der Waals surface area contributed by atoms with Crippen molar-refractivity contribution in [3.8, 4) is 0 Å². The minimum atomic E-state index is -0.361. The van der Waals surface area contributed by atoms with Crippen molar-refractivity contribution in [3.05, 3.63) is 59.7 Å². The molecule has 3 amide bonds. The second-order valence-corrected chi connectivity index (χ2v) is 6.84. The van der Waals surface area contributed by atoms with Gasteiger partial charge in [0, 0.05) is 31.6 Å². The number of hydrogen-bond acceptors (Lipinski definition) is 3. The molecule has 1 fully saturated rings. The quantitative estimate of drug-likeness (QED) is 0.845. The van der Waals surface area contributed by atoms with Crippen molar-refractivity contribution in [2.75, 3.05) is 24.3 Å². The van der Waals surface area contributed by atoms with E-state index in [9.17, 15) is 9.59 Å². The van der Waals surface area contributed by atoms with Crippen molar-refractivity contribution >= 4 is 23.3 Å². The first-order chi connectivity index (χ1) is 13.0. The fraction of sp³-hybridized carbons (Fsp3) is 0.333. The molecule has 6 nitrogen and oxygen atoms in total. The molecule has 1 atom stereocenters. The summed E-state index contributed by atoms with van der Waals surface area (Å²) in [5.74, 6) is -0.123. The van der Waals surface area contributed by atoms with Gasteiger partial charge in [-0.05, 0) is 49.6 Å². The summed E-state index contributed by atoms with van der Waals surface area (Å²) in [5, 5.41) is 5.70. The van der Waals surface area contributed by atoms with Crippen LogP contribution < -0.4 is 10.6 Å². The summed E-state index contributed by atoms with van der Waals surface area (Å²) in [7, 11) is 1.76. The van der Waals surface area contributed by atoms with Crippen LogP contribution >= 0.6 is 0 Å². The normalized spacial score (nSPS) is 16.0. The number of aryl methyl sites for hydroxylation is 1. The zero-order valence-electron chi connectivity index (χ0n) is 15.7. The molecule has 1 aliphatic rings. The lowest BCUT2D eigenvalue weighted by molar-refractivity contribution is -0.124. The van der Waals surface area contributed by atoms with Gasteiger partial charge < -0.3 is 20.3 Å². The van der Waals surface area contributed by atoms with Gasteiger partial charge >= 0.3 is 6.03 Å². The van der Waals surface area contributed by atoms with E-state index in [4.69, 9.17) is 4.74 Å². The first-order valence-electron chi connectivity index (χ1n) is 9.11. The molecule has 6 heteroatoms. The maximum atomic E-state index is 12.3. The molecule has 0 unspecified atom stereocenters. The molecule has 0 aliphatic carbocycles. The van der Waals surface area contributed by atoms with Gasteiger partial charge in [0.05, 0.1) is 0 Å². The first-order valence-corrected chi connectivity index (χ1v) is 9.11. The van der Waals surface area contributed by atoms with Crippen LogP contribution in [0.15, 0.2) is 48.5 Å². The number of hydrogen-bond donors (Lipinski definition) is 2. The average Bonchev–Trinajstić information content (AvgIpc) is 3.20. The van der Waals surface area contributed by atoms with Crippen LogP contribution in [0, 0.1) is 6.92 Å². The zero-order valence-corrected chi connectivity index (χ0v) is 15.7. The molecule has 2 N–H and O–H groups in total. The van der Waals surface area contributed by atoms with Crippen LogP contribution in [-0.4, -0.2) is 36.6 Å². The molecular weight excluding hydrogens is 342 g/mol. The minimum Gasteiger partial charge on any atom is -0.368 e. The van der Waals surface area contributed by atoms with Gasteiger partial charge in [-0.1, -0.05) is 29.8 Å². The minimum absolute atomic E-state index is 0.123. The summed E-state index contributed by atoms with van der Waals surface area (Å²) >= 11 is 0. The maximum absolute atomic E-state index is 12.3. The number of anilines is 2. The van der Waals surface area contributed by atoms with Crippen LogP contribution in [0.1, 0.15) is 24.0 Å². The van der Waals surface area contributed by atoms with E-state index in [1.807, 2.05) is 31.2 Å². The molecular formula is C21H25N3O3. The topological polar surface area (TPSA) is 70.7 Å². The highest BCUT2D eigenvalue weighted by Gasteiger charge is 2.23. The third-order valence-electron chi connectivity index (χ3n) is 4.51. The predicted molar refractivity (Wildman–Crippen MR) is 106 cm³/mol. The summed E-state index contributed by atoms with van der Waals surface area (Å²) in [6, 6.07) is 15.0. The van der Waals surface area contributed by atoms with Gasteiger partial charge in [0.15, 0.2) is 0 Å². The lowest BCUT2D eigenvalue weighted by Crippen LogP contribution is -2.30. The Balaban J connectivity index is 1.51. The molecule has 0 spiro atoms. The highest BCUT2D eigenvalue weighted by Crippen LogP contribution is 2.18. The number of nitrogens with one attached hydrogen (secondary N) is 2. The van der Waals surface area contributed by atoms with Gasteiger partial charge in [-0.3, -0.25) is 4.79 Å². The number of carbonyl (C=O) groups excluding carboxylic acids is 2. The van der Waals surface area contributed by atoms with Gasteiger partial charge in [-0.15, -0.1) is 0 Å². The zero-order chi connectivity index (χ0) is 19.2. The summed E-state index contributed by atoms with van der Waals surface area (Å²) in [5.41, 5.74) is 3.62. The summed E-state index contributed by atoms with van der Waals surface area (Å²) in [6.07, 6.45) is 1.31. The second-order valence-electron chi connectivity index (χ2n) is 6.84. The van der Waals surface area contributed by atoms with Crippen LogP contribution in [0.4, 0.5) is 16.2 Å². The number of benzene rings is 2. The van der Waals surface area contributed by atoms with E-state index in [1.165, 1.54) is 5.56 Å². The number of amides is 3. The molecule has 1 heterocycles. The van der Waals surface area contributed by atoms with Crippen molar-refractivity contribution in [2.45, 2.75) is 32.4 Å². The smallest absolute Gasteiger partial charge is 0.321 e. The molecule has 1 aliphatic heterocycles. The van der Waals surface area contributed by atoms with Crippen LogP contribution in [0.3, 0.4) is 0 Å². The van der Waals surface area contributed by atoms with Crippen LogP contribution in [0.25, 0.3) is 0 Å². The van der Waals surface area contributed by atoms with Gasteiger partial charge in [0.25, 0.3) is 5.91 Å². The van der Waals surface area contributed by atoms with Crippen molar-refractivity contribution in [1.29, 1.82) is 0 Å². The number of ether oxygens (including phenoxy) is 1. The Kier molecular flexibility index (Phi) is 6.08. The third-order valence-corrected chi connectivity index (χ3v) is 4.51. The Bertz CT molecular complexity index is 781. The van der Waals surface area contributed by atoms with Crippen LogP contribution in [0.5, 0.6) is 0 Å². The van der Waals surface area contributed by atoms with Gasteiger partial charge in [0.1, 0.15) is 6.10 Å². The van der Waals surface area contributed by atoms with Crippen LogP contribution in [-0.2, 0) is 16.1 Å². The Morgan fingerprint density at radius 3 is 2.26 bits per heavy atom. The van der Waals surface area contributed by atoms with E-state index in [1.54, 1.807) is 36.2 Å². The SMILES string of the molecule is Cc1ccc(CN(C)C(=O)Nc2ccc(NC(=O)[C@H]3CCCO3)cc2)cc1. The van der Waals surface area contributed by atoms with Crippen molar-refractivity contribution < 1.29 is 14.3 Å². The fourth-order valence-electron chi connectivity index (χ4n) is 2.90. The molecule has 3 rings (SSSR count). The summed E-state index contributed by atoms with van der Waals surface area (Å²) in [6.45, 7) is 3.20. The molecule has 0 aromatic heterocycles. The Hall–Kier alpha value is -2.86. The number of nitrogens with zero attached hydrogens (tertiary/aromatic N) is 1. The summed E-state index contributed by atoms with van der Waals surface area (Å²) < 4.78 is 5.37. The molecule has 0 radical (unpaired) electrons. The summed E-state index contributed by atoms with van der Waals surface area (Å²) in [4.78, 5) is 26.0. The number of urea groups is 1. The highest BCUT2D eigenvalue weighted by molar-refractivity contribution is 5.95. The van der Waals surface area contributed by atoms with E-state index < -0.39 is 0 Å².